The van der Waals surface area contributed by atoms with Gasteiger partial charge in [0.1, 0.15) is 5.75 Å². The van der Waals surface area contributed by atoms with Crippen LogP contribution in [-0.2, 0) is 21.2 Å². The smallest absolute Gasteiger partial charge is 0.258 e. The molecule has 0 spiro atoms. The van der Waals surface area contributed by atoms with Crippen molar-refractivity contribution in [1.29, 1.82) is 0 Å². The van der Waals surface area contributed by atoms with Gasteiger partial charge in [0, 0.05) is 25.2 Å². The molecule has 2 aliphatic rings. The molecule has 2 heterocycles. The van der Waals surface area contributed by atoms with Gasteiger partial charge in [0.25, 0.3) is 5.91 Å². The molecule has 0 aromatic heterocycles. The fourth-order valence-electron chi connectivity index (χ4n) is 4.31. The number of sulfonamides is 1. The van der Waals surface area contributed by atoms with Crippen molar-refractivity contribution in [3.05, 3.63) is 52.6 Å². The second-order valence-electron chi connectivity index (χ2n) is 7.97. The topological polar surface area (TPSA) is 76.2 Å². The van der Waals surface area contributed by atoms with Gasteiger partial charge < -0.3 is 14.4 Å². The molecular formula is C23H28N2O5S. The normalized spacial score (nSPS) is 17.3. The van der Waals surface area contributed by atoms with Crippen LogP contribution in [0.4, 0.5) is 5.69 Å². The summed E-state index contributed by atoms with van der Waals surface area (Å²) in [5, 5.41) is 0. The van der Waals surface area contributed by atoms with E-state index in [0.717, 1.165) is 29.7 Å². The van der Waals surface area contributed by atoms with E-state index in [4.69, 9.17) is 9.47 Å². The summed E-state index contributed by atoms with van der Waals surface area (Å²) in [6.45, 7) is 5.73. The predicted molar refractivity (Wildman–Crippen MR) is 118 cm³/mol. The standard InChI is InChI=1S/C23H28N2O5S/c1-16-7-9-20(29-3)22-19(16)5-4-10-25(22)23(26)18-8-6-17(2)21(15-18)31(27,28)24-11-13-30-14-12-24/h6-9,15H,4-5,10-14H2,1-3H3. The molecule has 0 radical (unpaired) electrons. The number of fused-ring (bicyclic) bond motifs is 1. The first-order valence-corrected chi connectivity index (χ1v) is 12.0. The van der Waals surface area contributed by atoms with Gasteiger partial charge in [-0.3, -0.25) is 4.79 Å². The molecule has 0 saturated carbocycles. The summed E-state index contributed by atoms with van der Waals surface area (Å²) >= 11 is 0. The average Bonchev–Trinajstić information content (AvgIpc) is 2.79. The molecule has 166 valence electrons. The van der Waals surface area contributed by atoms with Gasteiger partial charge >= 0.3 is 0 Å². The van der Waals surface area contributed by atoms with E-state index >= 15 is 0 Å². The summed E-state index contributed by atoms with van der Waals surface area (Å²) in [4.78, 5) is 15.4. The molecule has 2 aromatic carbocycles. The second-order valence-corrected chi connectivity index (χ2v) is 9.88. The van der Waals surface area contributed by atoms with Crippen molar-refractivity contribution in [3.63, 3.8) is 0 Å². The highest BCUT2D eigenvalue weighted by atomic mass is 32.2. The van der Waals surface area contributed by atoms with Crippen molar-refractivity contribution in [2.75, 3.05) is 44.9 Å². The molecule has 0 bridgehead atoms. The largest absolute Gasteiger partial charge is 0.495 e. The molecular weight excluding hydrogens is 416 g/mol. The van der Waals surface area contributed by atoms with Crippen molar-refractivity contribution in [1.82, 2.24) is 4.31 Å². The van der Waals surface area contributed by atoms with E-state index in [-0.39, 0.29) is 10.8 Å². The first-order chi connectivity index (χ1) is 14.8. The lowest BCUT2D eigenvalue weighted by molar-refractivity contribution is 0.0730. The van der Waals surface area contributed by atoms with E-state index in [9.17, 15) is 13.2 Å². The summed E-state index contributed by atoms with van der Waals surface area (Å²) in [6, 6.07) is 8.80. The fourth-order valence-corrected chi connectivity index (χ4v) is 5.97. The van der Waals surface area contributed by atoms with Crippen LogP contribution in [-0.4, -0.2) is 58.6 Å². The third kappa shape index (κ3) is 3.95. The molecule has 4 rings (SSSR count). The molecule has 0 aliphatic carbocycles. The Morgan fingerprint density at radius 2 is 1.74 bits per heavy atom. The maximum Gasteiger partial charge on any atom is 0.258 e. The van der Waals surface area contributed by atoms with Crippen LogP contribution in [0.1, 0.15) is 33.5 Å². The summed E-state index contributed by atoms with van der Waals surface area (Å²) in [5.41, 5.74) is 3.99. The molecule has 0 unspecified atom stereocenters. The molecule has 8 heteroatoms. The van der Waals surface area contributed by atoms with E-state index in [1.807, 2.05) is 19.1 Å². The van der Waals surface area contributed by atoms with Crippen LogP contribution in [0.3, 0.4) is 0 Å². The summed E-state index contributed by atoms with van der Waals surface area (Å²) < 4.78 is 38.7. The number of anilines is 1. The number of ether oxygens (including phenoxy) is 2. The van der Waals surface area contributed by atoms with Gasteiger partial charge in [-0.2, -0.15) is 4.31 Å². The Balaban J connectivity index is 1.74. The van der Waals surface area contributed by atoms with Crippen LogP contribution >= 0.6 is 0 Å². The van der Waals surface area contributed by atoms with Crippen LogP contribution < -0.4 is 9.64 Å². The van der Waals surface area contributed by atoms with Crippen LogP contribution in [0, 0.1) is 13.8 Å². The highest BCUT2D eigenvalue weighted by Crippen LogP contribution is 2.39. The SMILES string of the molecule is COc1ccc(C)c2c1N(C(=O)c1ccc(C)c(S(=O)(=O)N3CCOCC3)c1)CCC2. The lowest BCUT2D eigenvalue weighted by Gasteiger charge is -2.32. The van der Waals surface area contributed by atoms with Gasteiger partial charge in [0.15, 0.2) is 0 Å². The molecule has 2 aliphatic heterocycles. The van der Waals surface area contributed by atoms with E-state index in [1.165, 1.54) is 10.4 Å². The third-order valence-electron chi connectivity index (χ3n) is 6.05. The van der Waals surface area contributed by atoms with Crippen molar-refractivity contribution < 1.29 is 22.7 Å². The van der Waals surface area contributed by atoms with Gasteiger partial charge in [0.05, 0.1) is 30.9 Å². The number of carbonyl (C=O) groups is 1. The van der Waals surface area contributed by atoms with Crippen molar-refractivity contribution in [3.8, 4) is 5.75 Å². The average molecular weight is 445 g/mol. The van der Waals surface area contributed by atoms with E-state index in [1.54, 1.807) is 31.1 Å². The number of morpholine rings is 1. The van der Waals surface area contributed by atoms with Gasteiger partial charge in [-0.15, -0.1) is 0 Å². The molecule has 0 atom stereocenters. The van der Waals surface area contributed by atoms with Crippen LogP contribution in [0.25, 0.3) is 0 Å². The Morgan fingerprint density at radius 1 is 1.03 bits per heavy atom. The fraction of sp³-hybridized carbons (Fsp3) is 0.435. The number of rotatable bonds is 4. The quantitative estimate of drug-likeness (QED) is 0.725. The van der Waals surface area contributed by atoms with Gasteiger partial charge in [0.2, 0.25) is 10.0 Å². The van der Waals surface area contributed by atoms with Gasteiger partial charge in [-0.05, 0) is 61.6 Å². The molecule has 2 aromatic rings. The minimum atomic E-state index is -3.70. The second kappa shape index (κ2) is 8.61. The number of nitrogens with zero attached hydrogens (tertiary/aromatic N) is 2. The Labute approximate surface area is 183 Å². The van der Waals surface area contributed by atoms with Gasteiger partial charge in [-0.25, -0.2) is 8.42 Å². The number of aryl methyl sites for hydroxylation is 2. The maximum atomic E-state index is 13.6. The van der Waals surface area contributed by atoms with Crippen LogP contribution in [0.5, 0.6) is 5.75 Å². The zero-order valence-electron chi connectivity index (χ0n) is 18.2. The molecule has 1 saturated heterocycles. The highest BCUT2D eigenvalue weighted by Gasteiger charge is 2.31. The Bertz CT molecular complexity index is 1110. The van der Waals surface area contributed by atoms with E-state index < -0.39 is 10.0 Å². The number of amides is 1. The maximum absolute atomic E-state index is 13.6. The van der Waals surface area contributed by atoms with E-state index in [0.29, 0.717) is 49.7 Å². The molecule has 1 fully saturated rings. The number of hydrogen-bond donors (Lipinski definition) is 0. The summed E-state index contributed by atoms with van der Waals surface area (Å²) in [5.74, 6) is 0.435. The van der Waals surface area contributed by atoms with Crippen molar-refractivity contribution in [2.24, 2.45) is 0 Å². The van der Waals surface area contributed by atoms with Gasteiger partial charge in [-0.1, -0.05) is 12.1 Å². The molecule has 1 amide bonds. The monoisotopic (exact) mass is 444 g/mol. The number of methoxy groups -OCH3 is 1. The molecule has 7 nitrogen and oxygen atoms in total. The first kappa shape index (κ1) is 21.8. The highest BCUT2D eigenvalue weighted by molar-refractivity contribution is 7.89. The zero-order chi connectivity index (χ0) is 22.2. The summed E-state index contributed by atoms with van der Waals surface area (Å²) in [6.07, 6.45) is 1.73. The van der Waals surface area contributed by atoms with Crippen LogP contribution in [0.2, 0.25) is 0 Å². The Morgan fingerprint density at radius 3 is 2.45 bits per heavy atom. The molecule has 0 N–H and O–H groups in total. The van der Waals surface area contributed by atoms with E-state index in [2.05, 4.69) is 0 Å². The minimum absolute atomic E-state index is 0.175. The predicted octanol–water partition coefficient (Wildman–Crippen LogP) is 2.93. The zero-order valence-corrected chi connectivity index (χ0v) is 19.0. The molecule has 31 heavy (non-hydrogen) atoms. The third-order valence-corrected chi connectivity index (χ3v) is 8.09. The number of benzene rings is 2. The Kier molecular flexibility index (Phi) is 6.05. The Hall–Kier alpha value is -2.42. The number of hydrogen-bond acceptors (Lipinski definition) is 5. The lowest BCUT2D eigenvalue weighted by Crippen LogP contribution is -2.41. The minimum Gasteiger partial charge on any atom is -0.495 e. The van der Waals surface area contributed by atoms with Crippen molar-refractivity contribution in [2.45, 2.75) is 31.6 Å². The summed E-state index contributed by atoms with van der Waals surface area (Å²) in [7, 11) is -2.10. The first-order valence-electron chi connectivity index (χ1n) is 10.5. The van der Waals surface area contributed by atoms with Crippen LogP contribution in [0.15, 0.2) is 35.2 Å². The lowest BCUT2D eigenvalue weighted by atomic mass is 9.95. The van der Waals surface area contributed by atoms with Crippen molar-refractivity contribution >= 4 is 21.6 Å². The number of carbonyl (C=O) groups excluding carboxylic acids is 1.